The Balaban J connectivity index is 2.08. The van der Waals surface area contributed by atoms with E-state index in [4.69, 9.17) is 14.2 Å². The van der Waals surface area contributed by atoms with Gasteiger partial charge in [-0.3, -0.25) is 0 Å². The minimum atomic E-state index is -0.309. The molecule has 0 N–H and O–H groups in total. The molecule has 0 radical (unpaired) electrons. The lowest BCUT2D eigenvalue weighted by molar-refractivity contribution is -0.245. The second kappa shape index (κ2) is 7.43. The van der Waals surface area contributed by atoms with Gasteiger partial charge in [-0.25, -0.2) is 0 Å². The molecule has 0 aliphatic carbocycles. The van der Waals surface area contributed by atoms with Gasteiger partial charge in [0.15, 0.2) is 6.29 Å². The molecule has 3 heteroatoms. The van der Waals surface area contributed by atoms with Crippen molar-refractivity contribution in [1.29, 1.82) is 0 Å². The Hall–Kier alpha value is -1.58. The lowest BCUT2D eigenvalue weighted by Crippen LogP contribution is -2.38. The number of allylic oxidation sites excluding steroid dienone is 2. The Morgan fingerprint density at radius 2 is 2.05 bits per heavy atom. The first-order valence-corrected chi connectivity index (χ1v) is 7.36. The molecule has 1 fully saturated rings. The second-order valence-corrected chi connectivity index (χ2v) is 5.50. The summed E-state index contributed by atoms with van der Waals surface area (Å²) in [5.74, 6) is 1.52. The highest BCUT2D eigenvalue weighted by atomic mass is 16.7. The van der Waals surface area contributed by atoms with Crippen LogP contribution in [0.15, 0.2) is 49.1 Å². The number of hydrogen-bond donors (Lipinski definition) is 0. The zero-order valence-electron chi connectivity index (χ0n) is 13.0. The minimum Gasteiger partial charge on any atom is -0.497 e. The third kappa shape index (κ3) is 3.96. The van der Waals surface area contributed by atoms with Crippen molar-refractivity contribution >= 4 is 0 Å². The first kappa shape index (κ1) is 15.8. The molecule has 0 amide bonds. The van der Waals surface area contributed by atoms with E-state index in [1.54, 1.807) is 13.2 Å². The highest BCUT2D eigenvalue weighted by Gasteiger charge is 2.32. The molecule has 1 aliphatic heterocycles. The summed E-state index contributed by atoms with van der Waals surface area (Å²) in [5, 5.41) is 0. The van der Waals surface area contributed by atoms with Gasteiger partial charge in [-0.1, -0.05) is 50.8 Å². The standard InChI is InChI=1S/C18H24O3/c1-5-6-7-13(2)17-14(3)12-20-18(21-17)15-8-10-16(19-4)11-9-15/h5-11,13-14,17-18H,1,12H2,2-4H3/b7-6-/t13-,14-,17-,18?/m0/s1. The highest BCUT2D eigenvalue weighted by molar-refractivity contribution is 5.28. The molecule has 1 unspecified atom stereocenters. The predicted molar refractivity (Wildman–Crippen MR) is 84.2 cm³/mol. The van der Waals surface area contributed by atoms with Crippen LogP contribution < -0.4 is 4.74 Å². The summed E-state index contributed by atoms with van der Waals surface area (Å²) in [4.78, 5) is 0. The topological polar surface area (TPSA) is 27.7 Å². The largest absolute Gasteiger partial charge is 0.497 e. The van der Waals surface area contributed by atoms with Crippen LogP contribution in [-0.4, -0.2) is 19.8 Å². The fourth-order valence-electron chi connectivity index (χ4n) is 2.59. The molecule has 1 aliphatic rings. The van der Waals surface area contributed by atoms with Crippen molar-refractivity contribution in [1.82, 2.24) is 0 Å². The summed E-state index contributed by atoms with van der Waals surface area (Å²) in [5.41, 5.74) is 1.02. The Labute approximate surface area is 127 Å². The Morgan fingerprint density at radius 3 is 2.67 bits per heavy atom. The van der Waals surface area contributed by atoms with E-state index in [0.29, 0.717) is 18.4 Å². The van der Waals surface area contributed by atoms with Crippen LogP contribution in [0.4, 0.5) is 0 Å². The maximum atomic E-state index is 6.17. The zero-order valence-corrected chi connectivity index (χ0v) is 13.0. The number of benzene rings is 1. The van der Waals surface area contributed by atoms with E-state index in [9.17, 15) is 0 Å². The summed E-state index contributed by atoms with van der Waals surface area (Å²) in [6, 6.07) is 7.83. The first-order chi connectivity index (χ1) is 10.2. The Bertz CT molecular complexity index is 478. The molecule has 1 heterocycles. The monoisotopic (exact) mass is 288 g/mol. The van der Waals surface area contributed by atoms with Gasteiger partial charge in [-0.05, 0) is 12.1 Å². The van der Waals surface area contributed by atoms with E-state index in [2.05, 4.69) is 26.5 Å². The average molecular weight is 288 g/mol. The Kier molecular flexibility index (Phi) is 5.59. The molecule has 0 aromatic heterocycles. The molecule has 4 atom stereocenters. The fourth-order valence-corrected chi connectivity index (χ4v) is 2.59. The van der Waals surface area contributed by atoms with Crippen LogP contribution in [0.1, 0.15) is 25.7 Å². The first-order valence-electron chi connectivity index (χ1n) is 7.36. The molecular formula is C18H24O3. The van der Waals surface area contributed by atoms with Gasteiger partial charge in [0.1, 0.15) is 5.75 Å². The molecule has 1 saturated heterocycles. The molecule has 114 valence electrons. The van der Waals surface area contributed by atoms with Crippen LogP contribution in [0.5, 0.6) is 5.75 Å². The SMILES string of the molecule is C=C/C=C\[C@H](C)[C@@H]1OC(c2ccc(OC)cc2)OC[C@@H]1C. The van der Waals surface area contributed by atoms with Crippen molar-refractivity contribution in [3.8, 4) is 5.75 Å². The molecule has 0 bridgehead atoms. The summed E-state index contributed by atoms with van der Waals surface area (Å²) in [7, 11) is 1.66. The highest BCUT2D eigenvalue weighted by Crippen LogP contribution is 2.33. The molecule has 1 aromatic rings. The van der Waals surface area contributed by atoms with Crippen molar-refractivity contribution in [2.45, 2.75) is 26.2 Å². The van der Waals surface area contributed by atoms with Crippen LogP contribution in [-0.2, 0) is 9.47 Å². The molecule has 3 nitrogen and oxygen atoms in total. The summed E-state index contributed by atoms with van der Waals surface area (Å²) in [6.45, 7) is 8.74. The van der Waals surface area contributed by atoms with E-state index in [1.165, 1.54) is 0 Å². The maximum absolute atomic E-state index is 6.17. The fraction of sp³-hybridized carbons (Fsp3) is 0.444. The van der Waals surface area contributed by atoms with E-state index < -0.39 is 0 Å². The van der Waals surface area contributed by atoms with Crippen molar-refractivity contribution in [2.24, 2.45) is 11.8 Å². The average Bonchev–Trinajstić information content (AvgIpc) is 2.53. The summed E-state index contributed by atoms with van der Waals surface area (Å²) >= 11 is 0. The number of rotatable bonds is 5. The molecule has 1 aromatic carbocycles. The van der Waals surface area contributed by atoms with Gasteiger partial charge in [0, 0.05) is 17.4 Å². The normalized spacial score (nSPS) is 27.5. The molecule has 2 rings (SSSR count). The summed E-state index contributed by atoms with van der Waals surface area (Å²) in [6.07, 6.45) is 5.73. The van der Waals surface area contributed by atoms with Gasteiger partial charge in [0.05, 0.1) is 19.8 Å². The van der Waals surface area contributed by atoms with Gasteiger partial charge >= 0.3 is 0 Å². The van der Waals surface area contributed by atoms with Gasteiger partial charge in [-0.15, -0.1) is 0 Å². The smallest absolute Gasteiger partial charge is 0.184 e. The molecule has 21 heavy (non-hydrogen) atoms. The van der Waals surface area contributed by atoms with Crippen LogP contribution in [0.3, 0.4) is 0 Å². The van der Waals surface area contributed by atoms with Gasteiger partial charge < -0.3 is 14.2 Å². The quantitative estimate of drug-likeness (QED) is 0.763. The van der Waals surface area contributed by atoms with E-state index >= 15 is 0 Å². The Morgan fingerprint density at radius 1 is 1.33 bits per heavy atom. The van der Waals surface area contributed by atoms with Crippen LogP contribution in [0.2, 0.25) is 0 Å². The zero-order chi connectivity index (χ0) is 15.2. The number of methoxy groups -OCH3 is 1. The van der Waals surface area contributed by atoms with Crippen molar-refractivity contribution in [3.05, 3.63) is 54.6 Å². The van der Waals surface area contributed by atoms with Crippen LogP contribution in [0, 0.1) is 11.8 Å². The van der Waals surface area contributed by atoms with E-state index in [-0.39, 0.29) is 12.4 Å². The predicted octanol–water partition coefficient (Wildman–Crippen LogP) is 4.12. The maximum Gasteiger partial charge on any atom is 0.184 e. The summed E-state index contributed by atoms with van der Waals surface area (Å²) < 4.78 is 17.2. The van der Waals surface area contributed by atoms with Crippen molar-refractivity contribution in [2.75, 3.05) is 13.7 Å². The van der Waals surface area contributed by atoms with Crippen molar-refractivity contribution < 1.29 is 14.2 Å². The van der Waals surface area contributed by atoms with E-state index in [0.717, 1.165) is 11.3 Å². The van der Waals surface area contributed by atoms with Gasteiger partial charge in [0.25, 0.3) is 0 Å². The van der Waals surface area contributed by atoms with Crippen LogP contribution in [0.25, 0.3) is 0 Å². The molecule has 0 saturated carbocycles. The molecule has 0 spiro atoms. The third-order valence-electron chi connectivity index (χ3n) is 3.81. The second-order valence-electron chi connectivity index (χ2n) is 5.50. The lowest BCUT2D eigenvalue weighted by atomic mass is 9.92. The third-order valence-corrected chi connectivity index (χ3v) is 3.81. The van der Waals surface area contributed by atoms with Crippen molar-refractivity contribution in [3.63, 3.8) is 0 Å². The number of ether oxygens (including phenoxy) is 3. The minimum absolute atomic E-state index is 0.141. The number of hydrogen-bond acceptors (Lipinski definition) is 3. The lowest BCUT2D eigenvalue weighted by Gasteiger charge is -2.37. The van der Waals surface area contributed by atoms with Gasteiger partial charge in [0.2, 0.25) is 0 Å². The molecular weight excluding hydrogens is 264 g/mol. The van der Waals surface area contributed by atoms with E-state index in [1.807, 2.05) is 30.3 Å². The van der Waals surface area contributed by atoms with Crippen LogP contribution >= 0.6 is 0 Å². The van der Waals surface area contributed by atoms with Gasteiger partial charge in [-0.2, -0.15) is 0 Å².